The van der Waals surface area contributed by atoms with Gasteiger partial charge in [-0.05, 0) is 24.3 Å². The van der Waals surface area contributed by atoms with Crippen LogP contribution in [0, 0.1) is 0 Å². The highest BCUT2D eigenvalue weighted by atomic mass is 16.5. The molecule has 0 saturated carbocycles. The van der Waals surface area contributed by atoms with Gasteiger partial charge in [-0.15, -0.1) is 0 Å². The van der Waals surface area contributed by atoms with Crippen molar-refractivity contribution in [3.8, 4) is 5.75 Å². The molecule has 1 aliphatic rings. The predicted molar refractivity (Wildman–Crippen MR) is 77.6 cm³/mol. The summed E-state index contributed by atoms with van der Waals surface area (Å²) in [7, 11) is 1.66. The van der Waals surface area contributed by atoms with Crippen molar-refractivity contribution in [1.82, 2.24) is 10.1 Å². The number of piperazine rings is 1. The molecule has 0 aliphatic carbocycles. The van der Waals surface area contributed by atoms with Crippen LogP contribution in [0.3, 0.4) is 0 Å². The lowest BCUT2D eigenvalue weighted by Gasteiger charge is -2.36. The molecule has 21 heavy (non-hydrogen) atoms. The molecule has 1 aliphatic heterocycles. The number of hydrogen-bond acceptors (Lipinski definition) is 5. The SMILES string of the molecule is COc1ccc(N2CCN(C(=O)c3cnoc3)CC2)cc1. The maximum Gasteiger partial charge on any atom is 0.258 e. The van der Waals surface area contributed by atoms with Crippen LogP contribution in [-0.4, -0.2) is 49.3 Å². The third-order valence-electron chi connectivity index (χ3n) is 3.68. The third kappa shape index (κ3) is 2.84. The van der Waals surface area contributed by atoms with Crippen LogP contribution < -0.4 is 9.64 Å². The van der Waals surface area contributed by atoms with Crippen LogP contribution in [-0.2, 0) is 0 Å². The van der Waals surface area contributed by atoms with Crippen molar-refractivity contribution in [2.24, 2.45) is 0 Å². The van der Waals surface area contributed by atoms with Gasteiger partial charge in [0, 0.05) is 31.9 Å². The van der Waals surface area contributed by atoms with Crippen LogP contribution in [0.5, 0.6) is 5.75 Å². The van der Waals surface area contributed by atoms with E-state index >= 15 is 0 Å². The minimum Gasteiger partial charge on any atom is -0.497 e. The topological polar surface area (TPSA) is 58.8 Å². The molecular weight excluding hydrogens is 270 g/mol. The number of amides is 1. The summed E-state index contributed by atoms with van der Waals surface area (Å²) < 4.78 is 9.88. The number of nitrogens with zero attached hydrogens (tertiary/aromatic N) is 3. The fourth-order valence-electron chi connectivity index (χ4n) is 2.45. The highest BCUT2D eigenvalue weighted by Crippen LogP contribution is 2.20. The summed E-state index contributed by atoms with van der Waals surface area (Å²) in [6.45, 7) is 3.00. The highest BCUT2D eigenvalue weighted by molar-refractivity contribution is 5.93. The van der Waals surface area contributed by atoms with Crippen LogP contribution in [0.4, 0.5) is 5.69 Å². The van der Waals surface area contributed by atoms with Crippen molar-refractivity contribution < 1.29 is 14.1 Å². The van der Waals surface area contributed by atoms with Crippen molar-refractivity contribution in [3.63, 3.8) is 0 Å². The zero-order valence-corrected chi connectivity index (χ0v) is 11.9. The lowest BCUT2D eigenvalue weighted by molar-refractivity contribution is 0.0746. The van der Waals surface area contributed by atoms with Crippen molar-refractivity contribution >= 4 is 11.6 Å². The minimum atomic E-state index is -0.0226. The molecule has 6 heteroatoms. The molecule has 0 bridgehead atoms. The Morgan fingerprint density at radius 1 is 1.19 bits per heavy atom. The van der Waals surface area contributed by atoms with Gasteiger partial charge in [-0.3, -0.25) is 4.79 Å². The monoisotopic (exact) mass is 287 g/mol. The van der Waals surface area contributed by atoms with Gasteiger partial charge in [0.2, 0.25) is 0 Å². The molecular formula is C15H17N3O3. The lowest BCUT2D eigenvalue weighted by Crippen LogP contribution is -2.48. The number of rotatable bonds is 3. The Balaban J connectivity index is 1.60. The summed E-state index contributed by atoms with van der Waals surface area (Å²) in [5.74, 6) is 0.825. The van der Waals surface area contributed by atoms with E-state index in [0.29, 0.717) is 18.7 Å². The van der Waals surface area contributed by atoms with Gasteiger partial charge < -0.3 is 19.1 Å². The van der Waals surface area contributed by atoms with E-state index in [1.54, 1.807) is 7.11 Å². The molecule has 0 spiro atoms. The molecule has 2 heterocycles. The molecule has 2 aromatic rings. The Morgan fingerprint density at radius 3 is 2.48 bits per heavy atom. The largest absolute Gasteiger partial charge is 0.497 e. The average Bonchev–Trinajstić information content (AvgIpc) is 3.09. The molecule has 0 radical (unpaired) electrons. The quantitative estimate of drug-likeness (QED) is 0.859. The molecule has 1 fully saturated rings. The number of carbonyl (C=O) groups is 1. The molecule has 0 unspecified atom stereocenters. The van der Waals surface area contributed by atoms with Gasteiger partial charge in [0.15, 0.2) is 0 Å². The molecule has 0 atom stereocenters. The summed E-state index contributed by atoms with van der Waals surface area (Å²) >= 11 is 0. The van der Waals surface area contributed by atoms with Crippen LogP contribution >= 0.6 is 0 Å². The number of ether oxygens (including phenoxy) is 1. The molecule has 1 saturated heterocycles. The van der Waals surface area contributed by atoms with Crippen LogP contribution in [0.2, 0.25) is 0 Å². The molecule has 6 nitrogen and oxygen atoms in total. The number of aromatic nitrogens is 1. The first kappa shape index (κ1) is 13.5. The number of benzene rings is 1. The average molecular weight is 287 g/mol. The number of hydrogen-bond donors (Lipinski definition) is 0. The number of anilines is 1. The first-order chi connectivity index (χ1) is 10.3. The fraction of sp³-hybridized carbons (Fsp3) is 0.333. The standard InChI is InChI=1S/C15H17N3O3/c1-20-14-4-2-13(3-5-14)17-6-8-18(9-7-17)15(19)12-10-16-21-11-12/h2-5,10-11H,6-9H2,1H3. The smallest absolute Gasteiger partial charge is 0.258 e. The Labute approximate surface area is 122 Å². The number of carbonyl (C=O) groups excluding carboxylic acids is 1. The first-order valence-corrected chi connectivity index (χ1v) is 6.85. The van der Waals surface area contributed by atoms with Crippen molar-refractivity contribution in [2.45, 2.75) is 0 Å². The van der Waals surface area contributed by atoms with E-state index in [0.717, 1.165) is 24.5 Å². The van der Waals surface area contributed by atoms with E-state index in [4.69, 9.17) is 9.26 Å². The van der Waals surface area contributed by atoms with Gasteiger partial charge in [-0.2, -0.15) is 0 Å². The van der Waals surface area contributed by atoms with Crippen LogP contribution in [0.15, 0.2) is 41.2 Å². The van der Waals surface area contributed by atoms with Gasteiger partial charge in [0.1, 0.15) is 12.0 Å². The molecule has 3 rings (SSSR count). The highest BCUT2D eigenvalue weighted by Gasteiger charge is 2.23. The summed E-state index contributed by atoms with van der Waals surface area (Å²) in [5.41, 5.74) is 1.65. The maximum atomic E-state index is 12.2. The summed E-state index contributed by atoms with van der Waals surface area (Å²) in [6.07, 6.45) is 2.84. The Hall–Kier alpha value is -2.50. The summed E-state index contributed by atoms with van der Waals surface area (Å²) in [5, 5.41) is 3.57. The normalized spacial score (nSPS) is 15.1. The van der Waals surface area contributed by atoms with E-state index in [9.17, 15) is 4.79 Å². The first-order valence-electron chi connectivity index (χ1n) is 6.85. The van der Waals surface area contributed by atoms with E-state index < -0.39 is 0 Å². The van der Waals surface area contributed by atoms with Crippen molar-refractivity contribution in [3.05, 3.63) is 42.3 Å². The van der Waals surface area contributed by atoms with Crippen LogP contribution in [0.1, 0.15) is 10.4 Å². The van der Waals surface area contributed by atoms with Crippen molar-refractivity contribution in [2.75, 3.05) is 38.2 Å². The molecule has 1 aromatic carbocycles. The second-order valence-corrected chi connectivity index (χ2v) is 4.89. The minimum absolute atomic E-state index is 0.0226. The van der Waals surface area contributed by atoms with Gasteiger partial charge in [0.25, 0.3) is 5.91 Å². The van der Waals surface area contributed by atoms with Crippen LogP contribution in [0.25, 0.3) is 0 Å². The zero-order chi connectivity index (χ0) is 14.7. The second kappa shape index (κ2) is 5.87. The molecule has 0 N–H and O–H groups in total. The van der Waals surface area contributed by atoms with E-state index in [1.165, 1.54) is 12.5 Å². The predicted octanol–water partition coefficient (Wildman–Crippen LogP) is 1.65. The lowest BCUT2D eigenvalue weighted by atomic mass is 10.2. The molecule has 110 valence electrons. The van der Waals surface area contributed by atoms with Gasteiger partial charge in [-0.25, -0.2) is 0 Å². The van der Waals surface area contributed by atoms with E-state index in [-0.39, 0.29) is 5.91 Å². The third-order valence-corrected chi connectivity index (χ3v) is 3.68. The Bertz CT molecular complexity index is 587. The summed E-state index contributed by atoms with van der Waals surface area (Å²) in [6, 6.07) is 7.97. The fourth-order valence-corrected chi connectivity index (χ4v) is 2.45. The summed E-state index contributed by atoms with van der Waals surface area (Å²) in [4.78, 5) is 16.3. The molecule has 1 aromatic heterocycles. The Kier molecular flexibility index (Phi) is 3.77. The maximum absolute atomic E-state index is 12.2. The number of methoxy groups -OCH3 is 1. The van der Waals surface area contributed by atoms with E-state index in [1.807, 2.05) is 29.2 Å². The Morgan fingerprint density at radius 2 is 1.90 bits per heavy atom. The second-order valence-electron chi connectivity index (χ2n) is 4.89. The van der Waals surface area contributed by atoms with E-state index in [2.05, 4.69) is 10.1 Å². The van der Waals surface area contributed by atoms with Gasteiger partial charge in [-0.1, -0.05) is 5.16 Å². The zero-order valence-electron chi connectivity index (χ0n) is 11.9. The van der Waals surface area contributed by atoms with Gasteiger partial charge in [0.05, 0.1) is 18.9 Å². The molecule has 1 amide bonds. The van der Waals surface area contributed by atoms with Crippen molar-refractivity contribution in [1.29, 1.82) is 0 Å². The van der Waals surface area contributed by atoms with Gasteiger partial charge >= 0.3 is 0 Å².